The monoisotopic (exact) mass is 235 g/mol. The van der Waals surface area contributed by atoms with Crippen LogP contribution in [0.2, 0.25) is 0 Å². The minimum absolute atomic E-state index is 0.134. The lowest BCUT2D eigenvalue weighted by Gasteiger charge is -2.20. The third-order valence-corrected chi connectivity index (χ3v) is 2.73. The molecule has 0 spiro atoms. The molecule has 96 valence electrons. The van der Waals surface area contributed by atoms with E-state index in [9.17, 15) is 0 Å². The molecule has 0 aliphatic carbocycles. The Labute approximate surface area is 105 Å². The van der Waals surface area contributed by atoms with E-state index >= 15 is 0 Å². The van der Waals surface area contributed by atoms with Gasteiger partial charge in [0.1, 0.15) is 0 Å². The highest BCUT2D eigenvalue weighted by atomic mass is 15.3. The maximum absolute atomic E-state index is 4.56. The maximum Gasteiger partial charge on any atom is 0.0700 e. The molecule has 1 aromatic heterocycles. The van der Waals surface area contributed by atoms with Crippen LogP contribution in [0.25, 0.3) is 0 Å². The number of rotatable bonds is 5. The number of aryl methyl sites for hydroxylation is 1. The Morgan fingerprint density at radius 3 is 2.71 bits per heavy atom. The van der Waals surface area contributed by atoms with Gasteiger partial charge < -0.3 is 5.32 Å². The molecule has 0 bridgehead atoms. The standard InChI is InChI=1S/C14H25N3/c1-7-8-11(2)13-12(10-17(6)16-13)9-15-14(3,4)5/h7,10-11,15H,1,8-9H2,2-6H3. The van der Waals surface area contributed by atoms with Gasteiger partial charge in [0.25, 0.3) is 0 Å². The van der Waals surface area contributed by atoms with Crippen molar-refractivity contribution in [2.24, 2.45) is 7.05 Å². The van der Waals surface area contributed by atoms with Crippen LogP contribution < -0.4 is 5.32 Å². The molecule has 0 saturated heterocycles. The number of aromatic nitrogens is 2. The molecule has 1 rings (SSSR count). The molecule has 1 atom stereocenters. The molecule has 17 heavy (non-hydrogen) atoms. The molecular formula is C14H25N3. The van der Waals surface area contributed by atoms with E-state index in [2.05, 4.69) is 50.9 Å². The van der Waals surface area contributed by atoms with Gasteiger partial charge in [-0.2, -0.15) is 5.10 Å². The van der Waals surface area contributed by atoms with Gasteiger partial charge in [0, 0.05) is 36.8 Å². The number of hydrogen-bond donors (Lipinski definition) is 1. The molecule has 1 aromatic rings. The fraction of sp³-hybridized carbons (Fsp3) is 0.643. The molecule has 1 heterocycles. The van der Waals surface area contributed by atoms with Crippen molar-refractivity contribution in [2.45, 2.75) is 52.1 Å². The van der Waals surface area contributed by atoms with Crippen LogP contribution >= 0.6 is 0 Å². The average Bonchev–Trinajstić information content (AvgIpc) is 2.56. The fourth-order valence-electron chi connectivity index (χ4n) is 1.83. The summed E-state index contributed by atoms with van der Waals surface area (Å²) in [5, 5.41) is 8.07. The molecule has 0 radical (unpaired) electrons. The summed E-state index contributed by atoms with van der Waals surface area (Å²) in [4.78, 5) is 0. The first-order valence-corrected chi connectivity index (χ1v) is 6.22. The number of nitrogens with one attached hydrogen (secondary N) is 1. The van der Waals surface area contributed by atoms with E-state index in [0.717, 1.165) is 13.0 Å². The summed E-state index contributed by atoms with van der Waals surface area (Å²) in [6, 6.07) is 0. The molecule has 3 nitrogen and oxygen atoms in total. The molecule has 3 heteroatoms. The lowest BCUT2D eigenvalue weighted by atomic mass is 10.00. The fourth-order valence-corrected chi connectivity index (χ4v) is 1.83. The Morgan fingerprint density at radius 2 is 2.18 bits per heavy atom. The quantitative estimate of drug-likeness (QED) is 0.795. The van der Waals surface area contributed by atoms with E-state index in [4.69, 9.17) is 0 Å². The van der Waals surface area contributed by atoms with Gasteiger partial charge in [-0.15, -0.1) is 6.58 Å². The van der Waals surface area contributed by atoms with Gasteiger partial charge in [-0.3, -0.25) is 4.68 Å². The smallest absolute Gasteiger partial charge is 0.0700 e. The second-order valence-electron chi connectivity index (χ2n) is 5.74. The van der Waals surface area contributed by atoms with Crippen molar-refractivity contribution in [2.75, 3.05) is 0 Å². The first-order chi connectivity index (χ1) is 7.83. The summed E-state index contributed by atoms with van der Waals surface area (Å²) in [6.07, 6.45) is 5.04. The minimum atomic E-state index is 0.134. The summed E-state index contributed by atoms with van der Waals surface area (Å²) >= 11 is 0. The van der Waals surface area contributed by atoms with Crippen LogP contribution in [0.4, 0.5) is 0 Å². The van der Waals surface area contributed by atoms with Crippen LogP contribution in [0.1, 0.15) is 51.3 Å². The van der Waals surface area contributed by atoms with Crippen molar-refractivity contribution in [3.05, 3.63) is 30.1 Å². The summed E-state index contributed by atoms with van der Waals surface area (Å²) in [7, 11) is 1.98. The second kappa shape index (κ2) is 5.50. The van der Waals surface area contributed by atoms with Gasteiger partial charge in [-0.25, -0.2) is 0 Å². The van der Waals surface area contributed by atoms with Crippen LogP contribution in [-0.2, 0) is 13.6 Å². The van der Waals surface area contributed by atoms with Crippen molar-refractivity contribution in [1.82, 2.24) is 15.1 Å². The van der Waals surface area contributed by atoms with Crippen LogP contribution in [0, 0.1) is 0 Å². The number of hydrogen-bond acceptors (Lipinski definition) is 2. The normalized spacial score (nSPS) is 13.7. The van der Waals surface area contributed by atoms with E-state index in [1.807, 2.05) is 17.8 Å². The predicted molar refractivity (Wildman–Crippen MR) is 73.0 cm³/mol. The van der Waals surface area contributed by atoms with Crippen LogP contribution in [0.3, 0.4) is 0 Å². The average molecular weight is 235 g/mol. The summed E-state index contributed by atoms with van der Waals surface area (Å²) in [5.74, 6) is 0.436. The zero-order valence-corrected chi connectivity index (χ0v) is 11.7. The van der Waals surface area contributed by atoms with E-state index in [0.29, 0.717) is 5.92 Å². The highest BCUT2D eigenvalue weighted by Crippen LogP contribution is 2.21. The van der Waals surface area contributed by atoms with Crippen molar-refractivity contribution in [3.63, 3.8) is 0 Å². The third kappa shape index (κ3) is 4.35. The van der Waals surface area contributed by atoms with Crippen LogP contribution in [0.5, 0.6) is 0 Å². The SMILES string of the molecule is C=CCC(C)c1nn(C)cc1CNC(C)(C)C. The lowest BCUT2D eigenvalue weighted by Crippen LogP contribution is -2.35. The van der Waals surface area contributed by atoms with E-state index in [-0.39, 0.29) is 5.54 Å². The number of allylic oxidation sites excluding steroid dienone is 1. The molecule has 1 unspecified atom stereocenters. The van der Waals surface area contributed by atoms with E-state index < -0.39 is 0 Å². The Hall–Kier alpha value is -1.09. The largest absolute Gasteiger partial charge is 0.308 e. The molecule has 0 aromatic carbocycles. The number of nitrogens with zero attached hydrogens (tertiary/aromatic N) is 2. The van der Waals surface area contributed by atoms with Crippen LogP contribution in [0.15, 0.2) is 18.9 Å². The van der Waals surface area contributed by atoms with Gasteiger partial charge in [0.2, 0.25) is 0 Å². The highest BCUT2D eigenvalue weighted by Gasteiger charge is 2.16. The Morgan fingerprint density at radius 1 is 1.53 bits per heavy atom. The van der Waals surface area contributed by atoms with Crippen LogP contribution in [-0.4, -0.2) is 15.3 Å². The van der Waals surface area contributed by atoms with Gasteiger partial charge in [0.05, 0.1) is 5.69 Å². The van der Waals surface area contributed by atoms with Gasteiger partial charge in [0.15, 0.2) is 0 Å². The van der Waals surface area contributed by atoms with Gasteiger partial charge in [-0.1, -0.05) is 13.0 Å². The second-order valence-corrected chi connectivity index (χ2v) is 5.74. The Bertz CT molecular complexity index is 371. The predicted octanol–water partition coefficient (Wildman–Crippen LogP) is 2.99. The Balaban J connectivity index is 2.80. The summed E-state index contributed by atoms with van der Waals surface area (Å²) < 4.78 is 1.90. The zero-order chi connectivity index (χ0) is 13.1. The molecule has 1 N–H and O–H groups in total. The van der Waals surface area contributed by atoms with E-state index in [1.165, 1.54) is 11.3 Å². The van der Waals surface area contributed by atoms with Gasteiger partial charge in [-0.05, 0) is 27.2 Å². The first-order valence-electron chi connectivity index (χ1n) is 6.22. The topological polar surface area (TPSA) is 29.9 Å². The zero-order valence-electron chi connectivity index (χ0n) is 11.7. The maximum atomic E-state index is 4.56. The summed E-state index contributed by atoms with van der Waals surface area (Å²) in [5.41, 5.74) is 2.61. The lowest BCUT2D eigenvalue weighted by molar-refractivity contribution is 0.423. The van der Waals surface area contributed by atoms with Gasteiger partial charge >= 0.3 is 0 Å². The molecular weight excluding hydrogens is 210 g/mol. The third-order valence-electron chi connectivity index (χ3n) is 2.73. The molecule has 0 fully saturated rings. The molecule has 0 aliphatic rings. The first kappa shape index (κ1) is 14.0. The van der Waals surface area contributed by atoms with Crippen molar-refractivity contribution in [3.8, 4) is 0 Å². The highest BCUT2D eigenvalue weighted by molar-refractivity contribution is 5.21. The summed E-state index contributed by atoms with van der Waals surface area (Å²) in [6.45, 7) is 13.4. The van der Waals surface area contributed by atoms with E-state index in [1.54, 1.807) is 0 Å². The molecule has 0 saturated carbocycles. The van der Waals surface area contributed by atoms with Crippen molar-refractivity contribution >= 4 is 0 Å². The minimum Gasteiger partial charge on any atom is -0.308 e. The van der Waals surface area contributed by atoms with Crippen molar-refractivity contribution < 1.29 is 0 Å². The Kier molecular flexibility index (Phi) is 4.52. The molecule has 0 amide bonds. The molecule has 0 aliphatic heterocycles. The van der Waals surface area contributed by atoms with Crippen molar-refractivity contribution in [1.29, 1.82) is 0 Å².